The topological polar surface area (TPSA) is 161 Å². The molecule has 81 heavy (non-hydrogen) atoms. The third-order valence-corrected chi connectivity index (χ3v) is 16.1. The van der Waals surface area contributed by atoms with Gasteiger partial charge in [-0.3, -0.25) is 19.8 Å². The summed E-state index contributed by atoms with van der Waals surface area (Å²) in [7, 11) is 0. The first-order chi connectivity index (χ1) is 38.7. The quantitative estimate of drug-likeness (QED) is 0.115. The van der Waals surface area contributed by atoms with E-state index in [4.69, 9.17) is 4.74 Å². The van der Waals surface area contributed by atoms with E-state index in [0.29, 0.717) is 106 Å². The van der Waals surface area contributed by atoms with Gasteiger partial charge in [0.05, 0.1) is 36.3 Å². The number of rotatable bonds is 12. The van der Waals surface area contributed by atoms with Gasteiger partial charge in [-0.1, -0.05) is 0 Å². The predicted octanol–water partition coefficient (Wildman–Crippen LogP) is 10.5. The summed E-state index contributed by atoms with van der Waals surface area (Å²) in [5, 5.41) is 3.48. The van der Waals surface area contributed by atoms with Crippen molar-refractivity contribution in [3.05, 3.63) is 143 Å². The van der Waals surface area contributed by atoms with Crippen molar-refractivity contribution in [3.63, 3.8) is 0 Å². The number of piperidine rings is 2. The van der Waals surface area contributed by atoms with E-state index in [1.54, 1.807) is 24.3 Å². The second-order valence-corrected chi connectivity index (χ2v) is 23.8. The maximum Gasteiger partial charge on any atom is 0.410 e. The number of likely N-dealkylation sites (tertiary alicyclic amines) is 3. The molecule has 424 valence electrons. The monoisotopic (exact) mass is 1110 g/mol. The summed E-state index contributed by atoms with van der Waals surface area (Å²) in [5.74, 6) is 2.00. The van der Waals surface area contributed by atoms with Gasteiger partial charge in [-0.25, -0.2) is 52.3 Å². The van der Waals surface area contributed by atoms with Crippen LogP contribution in [-0.2, 0) is 30.7 Å². The molecule has 4 saturated heterocycles. The smallest absolute Gasteiger partial charge is 0.410 e. The minimum atomic E-state index is -0.531. The van der Waals surface area contributed by atoms with Gasteiger partial charge >= 0.3 is 6.09 Å². The molecule has 4 fully saturated rings. The molecule has 0 bridgehead atoms. The number of benzene rings is 2. The van der Waals surface area contributed by atoms with E-state index in [1.807, 2.05) is 101 Å². The Morgan fingerprint density at radius 2 is 1.09 bits per heavy atom. The third-order valence-electron chi connectivity index (χ3n) is 16.1. The van der Waals surface area contributed by atoms with Crippen LogP contribution in [0.2, 0.25) is 0 Å². The van der Waals surface area contributed by atoms with E-state index >= 15 is 4.39 Å². The van der Waals surface area contributed by atoms with E-state index in [2.05, 4.69) is 55.0 Å². The number of ether oxygens (including phenoxy) is 1. The second kappa shape index (κ2) is 22.6. The molecular formula is C61H70F4N14O2. The van der Waals surface area contributed by atoms with Crippen molar-refractivity contribution in [1.29, 1.82) is 0 Å². The van der Waals surface area contributed by atoms with Crippen molar-refractivity contribution in [2.45, 2.75) is 131 Å². The third kappa shape index (κ3) is 11.8. The SMILES string of the molecule is Cc1nc2c(F)cc(-c3cc(Cc4ncc(CN5C[C@@H]6CCN(C(=O)OC(C)(C)C)C[C@@H]65)cn4)ncc3F)cc2n1C(C)C.Cc1nc2c(F)cc(-c3cc(Cc4ncc(CN5C[C@@H]6CCNC[C@@H]65)cn4)ncc3F)cc2n1C(C)C. The Morgan fingerprint density at radius 3 is 1.54 bits per heavy atom. The molecule has 4 aliphatic heterocycles. The number of amides is 1. The molecule has 16 nitrogen and oxygen atoms in total. The maximum atomic E-state index is 15.1. The summed E-state index contributed by atoms with van der Waals surface area (Å²) in [6.45, 7) is 24.6. The average molecular weight is 1110 g/mol. The van der Waals surface area contributed by atoms with Crippen LogP contribution in [0.5, 0.6) is 0 Å². The van der Waals surface area contributed by atoms with Crippen LogP contribution in [0.1, 0.15) is 119 Å². The number of nitrogens with zero attached hydrogens (tertiary/aromatic N) is 13. The van der Waals surface area contributed by atoms with Gasteiger partial charge in [-0.05, 0) is 141 Å². The summed E-state index contributed by atoms with van der Waals surface area (Å²) in [6.07, 6.45) is 12.4. The van der Waals surface area contributed by atoms with Crippen molar-refractivity contribution in [2.75, 3.05) is 39.3 Å². The number of halogens is 4. The van der Waals surface area contributed by atoms with E-state index in [9.17, 15) is 18.0 Å². The van der Waals surface area contributed by atoms with Crippen molar-refractivity contribution in [3.8, 4) is 22.3 Å². The highest BCUT2D eigenvalue weighted by molar-refractivity contribution is 5.85. The predicted molar refractivity (Wildman–Crippen MR) is 301 cm³/mol. The molecule has 0 saturated carbocycles. The van der Waals surface area contributed by atoms with E-state index in [0.717, 1.165) is 74.8 Å². The summed E-state index contributed by atoms with van der Waals surface area (Å²) >= 11 is 0. The Hall–Kier alpha value is -7.29. The molecule has 0 spiro atoms. The van der Waals surface area contributed by atoms with Crippen molar-refractivity contribution < 1.29 is 27.1 Å². The Labute approximate surface area is 469 Å². The molecular weight excluding hydrogens is 1040 g/mol. The van der Waals surface area contributed by atoms with Crippen LogP contribution >= 0.6 is 0 Å². The fourth-order valence-electron chi connectivity index (χ4n) is 12.3. The van der Waals surface area contributed by atoms with Gasteiger partial charge in [-0.15, -0.1) is 0 Å². The molecule has 2 aromatic carbocycles. The number of imidazole rings is 2. The first-order valence-electron chi connectivity index (χ1n) is 28.2. The number of nitrogens with one attached hydrogen (secondary N) is 1. The van der Waals surface area contributed by atoms with Crippen LogP contribution in [0.25, 0.3) is 44.3 Å². The lowest BCUT2D eigenvalue weighted by molar-refractivity contribution is -0.0557. The number of hydrogen-bond donors (Lipinski definition) is 1. The molecule has 1 amide bonds. The molecule has 20 heteroatoms. The maximum absolute atomic E-state index is 15.1. The first kappa shape index (κ1) is 55.6. The largest absolute Gasteiger partial charge is 0.444 e. The lowest BCUT2D eigenvalue weighted by atomic mass is 9.82. The van der Waals surface area contributed by atoms with Gasteiger partial charge in [0.2, 0.25) is 0 Å². The highest BCUT2D eigenvalue weighted by Crippen LogP contribution is 2.36. The van der Waals surface area contributed by atoms with Crippen molar-refractivity contribution in [2.24, 2.45) is 11.8 Å². The number of carbonyl (C=O) groups is 1. The molecule has 8 aromatic rings. The number of aryl methyl sites for hydroxylation is 2. The molecule has 4 aliphatic rings. The molecule has 4 atom stereocenters. The second-order valence-electron chi connectivity index (χ2n) is 23.8. The average Bonchev–Trinajstić information content (AvgIpc) is 4.06. The molecule has 0 aliphatic carbocycles. The molecule has 6 aromatic heterocycles. The first-order valence-corrected chi connectivity index (χ1v) is 28.2. The van der Waals surface area contributed by atoms with Gasteiger partial charge in [-0.2, -0.15) is 0 Å². The Bertz CT molecular complexity index is 3620. The number of aromatic nitrogens is 10. The number of fused-ring (bicyclic) bond motifs is 4. The van der Waals surface area contributed by atoms with E-state index in [1.165, 1.54) is 24.8 Å². The van der Waals surface area contributed by atoms with Crippen LogP contribution in [0.15, 0.2) is 73.6 Å². The van der Waals surface area contributed by atoms with Gasteiger partial charge < -0.3 is 24.1 Å². The zero-order valence-electron chi connectivity index (χ0n) is 47.5. The number of pyridine rings is 2. The Morgan fingerprint density at radius 1 is 0.617 bits per heavy atom. The zero-order chi connectivity index (χ0) is 57.0. The van der Waals surface area contributed by atoms with Gasteiger partial charge in [0.1, 0.15) is 51.6 Å². The van der Waals surface area contributed by atoms with Crippen LogP contribution in [0.3, 0.4) is 0 Å². The highest BCUT2D eigenvalue weighted by Gasteiger charge is 2.44. The van der Waals surface area contributed by atoms with Crippen LogP contribution < -0.4 is 5.32 Å². The minimum absolute atomic E-state index is 0.0738. The van der Waals surface area contributed by atoms with Gasteiger partial charge in [0, 0.05) is 128 Å². The molecule has 10 heterocycles. The lowest BCUT2D eigenvalue weighted by Gasteiger charge is -2.53. The van der Waals surface area contributed by atoms with Crippen molar-refractivity contribution >= 4 is 28.2 Å². The van der Waals surface area contributed by atoms with E-state index in [-0.39, 0.29) is 29.3 Å². The van der Waals surface area contributed by atoms with E-state index < -0.39 is 28.9 Å². The summed E-state index contributed by atoms with van der Waals surface area (Å²) in [6, 6.07) is 10.6. The highest BCUT2D eigenvalue weighted by atomic mass is 19.1. The van der Waals surface area contributed by atoms with Crippen LogP contribution in [0.4, 0.5) is 22.4 Å². The van der Waals surface area contributed by atoms with Gasteiger partial charge in [0.25, 0.3) is 0 Å². The standard InChI is InChI=1S/C33H39F2N7O2.C28H31F2N7/c1-19(2)42-20(3)39-31-26(34)9-23(10-28(31)42)25-11-24(36-15-27(25)35)12-30-37-13-21(14-38-30)16-41-17-22-7-8-40(18-29(22)41)32(43)44-33(4,5)6;1-16(2)37-17(3)35-28-23(29)6-20(7-25(28)37)22-8-21(32-12-24(22)30)9-27-33-10-18(11-34-27)14-36-15-19-4-5-31-13-26(19)36/h9-11,13-15,19,22,29H,7-8,12,16-18H2,1-6H3;6-8,10-12,16,19,26,31H,4-5,9,13-15H2,1-3H3/t22-,29-;19-,26-/m00/s1. The van der Waals surface area contributed by atoms with Gasteiger partial charge in [0.15, 0.2) is 11.6 Å². The molecule has 0 radical (unpaired) electrons. The normalized spacial score (nSPS) is 19.3. The molecule has 1 N–H and O–H groups in total. The minimum Gasteiger partial charge on any atom is -0.444 e. The number of hydrogen-bond acceptors (Lipinski definition) is 13. The van der Waals surface area contributed by atoms with Crippen LogP contribution in [0, 0.1) is 49.0 Å². The fourth-order valence-corrected chi connectivity index (χ4v) is 12.3. The van der Waals surface area contributed by atoms with Crippen LogP contribution in [-0.4, -0.2) is 127 Å². The fraction of sp³-hybridized carbons (Fsp3) is 0.459. The molecule has 12 rings (SSSR count). The Kier molecular flexibility index (Phi) is 15.5. The summed E-state index contributed by atoms with van der Waals surface area (Å²) < 4.78 is 69.4. The number of carbonyl (C=O) groups excluding carboxylic acids is 1. The molecule has 0 unspecified atom stereocenters. The van der Waals surface area contributed by atoms with Crippen molar-refractivity contribution in [1.82, 2.24) is 69.0 Å². The lowest BCUT2D eigenvalue weighted by Crippen LogP contribution is -2.64. The summed E-state index contributed by atoms with van der Waals surface area (Å²) in [4.78, 5) is 54.7. The zero-order valence-corrected chi connectivity index (χ0v) is 47.5. The summed E-state index contributed by atoms with van der Waals surface area (Å²) in [5.41, 5.74) is 6.05. The Balaban J connectivity index is 0.000000173.